The number of cyclic esters (lactones) is 1. The Bertz CT molecular complexity index is 1230. The molecule has 2 unspecified atom stereocenters. The summed E-state index contributed by atoms with van der Waals surface area (Å²) in [5.41, 5.74) is -1.55. The Kier molecular flexibility index (Phi) is 11.2. The Morgan fingerprint density at radius 1 is 1.02 bits per heavy atom. The van der Waals surface area contributed by atoms with Crippen LogP contribution in [-0.2, 0) is 38.0 Å². The summed E-state index contributed by atoms with van der Waals surface area (Å²) in [5, 5.41) is 22.7. The molecule has 0 radical (unpaired) electrons. The van der Waals surface area contributed by atoms with Crippen molar-refractivity contribution >= 4 is 5.97 Å². The lowest BCUT2D eigenvalue weighted by Crippen LogP contribution is -2.58. The molecule has 4 saturated heterocycles. The second-order valence-electron chi connectivity index (χ2n) is 16.9. The number of esters is 1. The summed E-state index contributed by atoms with van der Waals surface area (Å²) in [6, 6.07) is -0.0656. The van der Waals surface area contributed by atoms with E-state index in [4.69, 9.17) is 33.2 Å². The zero-order valence-electron chi connectivity index (χ0n) is 32.2. The van der Waals surface area contributed by atoms with Gasteiger partial charge >= 0.3 is 5.97 Å². The van der Waals surface area contributed by atoms with Crippen LogP contribution < -0.4 is 0 Å². The number of hydrogen-bond donors (Lipinski definition) is 2. The van der Waals surface area contributed by atoms with E-state index in [1.54, 1.807) is 14.0 Å². The Morgan fingerprint density at radius 2 is 1.69 bits per heavy atom. The number of rotatable bonds is 7. The molecule has 17 atom stereocenters. The van der Waals surface area contributed by atoms with E-state index >= 15 is 0 Å². The average Bonchev–Trinajstić information content (AvgIpc) is 3.45. The van der Waals surface area contributed by atoms with Crippen LogP contribution >= 0.6 is 0 Å². The number of hydrogen-bond acceptors (Lipinski definition) is 11. The van der Waals surface area contributed by atoms with Crippen molar-refractivity contribution < 1.29 is 48.2 Å². The van der Waals surface area contributed by atoms with Gasteiger partial charge in [-0.25, -0.2) is 0 Å². The maximum absolute atomic E-state index is 14.2. The highest BCUT2D eigenvalue weighted by atomic mass is 16.7. The first-order chi connectivity index (χ1) is 22.7. The molecule has 0 aromatic heterocycles. The highest BCUT2D eigenvalue weighted by molar-refractivity contribution is 5.73. The monoisotopic (exact) mass is 695 g/mol. The molecule has 0 aromatic carbocycles. The lowest BCUT2D eigenvalue weighted by atomic mass is 9.69. The zero-order valence-corrected chi connectivity index (χ0v) is 32.2. The molecule has 5 aliphatic rings. The lowest BCUT2D eigenvalue weighted by Gasteiger charge is -2.49. The molecule has 49 heavy (non-hydrogen) atoms. The Hall–Kier alpha value is -1.15. The molecule has 5 aliphatic heterocycles. The Morgan fingerprint density at radius 3 is 2.31 bits per heavy atom. The van der Waals surface area contributed by atoms with Crippen LogP contribution in [0.3, 0.4) is 0 Å². The molecule has 0 aromatic rings. The van der Waals surface area contributed by atoms with Crippen LogP contribution in [0.2, 0.25) is 0 Å². The van der Waals surface area contributed by atoms with Crippen molar-refractivity contribution in [3.63, 3.8) is 0 Å². The molecule has 282 valence electrons. The van der Waals surface area contributed by atoms with E-state index in [-0.39, 0.29) is 42.3 Å². The molecular weight excluding hydrogens is 630 g/mol. The van der Waals surface area contributed by atoms with Crippen molar-refractivity contribution in [2.45, 2.75) is 179 Å². The van der Waals surface area contributed by atoms with Crippen LogP contribution in [0.25, 0.3) is 0 Å². The minimum atomic E-state index is -0.994. The van der Waals surface area contributed by atoms with Crippen LogP contribution in [-0.4, -0.2) is 120 Å². The molecule has 2 N–H and O–H groups in total. The highest BCUT2D eigenvalue weighted by Crippen LogP contribution is 2.58. The van der Waals surface area contributed by atoms with E-state index in [0.29, 0.717) is 19.3 Å². The molecule has 5 heterocycles. The predicted octanol–water partition coefficient (Wildman–Crippen LogP) is 4.60. The molecule has 3 bridgehead atoms. The first-order valence-electron chi connectivity index (χ1n) is 18.6. The lowest BCUT2D eigenvalue weighted by molar-refractivity contribution is -0.309. The van der Waals surface area contributed by atoms with Crippen LogP contribution in [0.15, 0.2) is 11.6 Å². The van der Waals surface area contributed by atoms with Gasteiger partial charge in [-0.05, 0) is 112 Å². The van der Waals surface area contributed by atoms with Crippen LogP contribution in [0.1, 0.15) is 101 Å². The fourth-order valence-corrected chi connectivity index (χ4v) is 10.0. The van der Waals surface area contributed by atoms with Gasteiger partial charge in [-0.2, -0.15) is 0 Å². The third-order valence-electron chi connectivity index (χ3n) is 12.9. The number of likely N-dealkylation sites (N-methyl/N-ethyl adjacent to an activating group) is 1. The van der Waals surface area contributed by atoms with Gasteiger partial charge in [0.15, 0.2) is 12.1 Å². The van der Waals surface area contributed by atoms with E-state index in [1.807, 2.05) is 41.8 Å². The van der Waals surface area contributed by atoms with Crippen molar-refractivity contribution in [2.75, 3.05) is 21.2 Å². The summed E-state index contributed by atoms with van der Waals surface area (Å²) in [7, 11) is 5.57. The minimum absolute atomic E-state index is 0.00639. The second-order valence-corrected chi connectivity index (χ2v) is 16.9. The third-order valence-corrected chi connectivity index (χ3v) is 12.9. The number of nitrogens with zero attached hydrogens (tertiary/aromatic N) is 1. The van der Waals surface area contributed by atoms with E-state index < -0.39 is 71.4 Å². The molecule has 11 nitrogen and oxygen atoms in total. The molecular formula is C38H65NO10. The SMILES string of the molecule is CC[C@H]1OC(=O)[C@H](C)[C@@H](O[C@H]2C[C@@](C)(OC)[C@@H](O)[C@H](C)O2)[C@H](C)[C@@H](C[C@@H]2O[C@H](C)C[C@H](N(C)C)[C@H]2O)C2(C)C[C@@H](C)[C@]3(OC1(C)C=C3C)O2. The van der Waals surface area contributed by atoms with Gasteiger partial charge in [-0.15, -0.1) is 0 Å². The van der Waals surface area contributed by atoms with Gasteiger partial charge in [-0.1, -0.05) is 20.8 Å². The van der Waals surface area contributed by atoms with Gasteiger partial charge in [0.2, 0.25) is 0 Å². The molecule has 4 fully saturated rings. The molecule has 5 rings (SSSR count). The maximum Gasteiger partial charge on any atom is 0.311 e. The van der Waals surface area contributed by atoms with Crippen molar-refractivity contribution in [2.24, 2.45) is 23.7 Å². The maximum atomic E-state index is 14.2. The normalized spacial score (nSPS) is 52.4. The smallest absolute Gasteiger partial charge is 0.311 e. The molecule has 1 spiro atoms. The number of fused-ring (bicyclic) bond motifs is 2. The summed E-state index contributed by atoms with van der Waals surface area (Å²) in [6.07, 6.45) is 0.205. The topological polar surface area (TPSA) is 125 Å². The van der Waals surface area contributed by atoms with Crippen molar-refractivity contribution in [1.29, 1.82) is 0 Å². The quantitative estimate of drug-likeness (QED) is 0.287. The fourth-order valence-electron chi connectivity index (χ4n) is 10.0. The number of carbonyl (C=O) groups excluding carboxylic acids is 1. The van der Waals surface area contributed by atoms with Crippen LogP contribution in [0, 0.1) is 23.7 Å². The first kappa shape index (κ1) is 39.1. The minimum Gasteiger partial charge on any atom is -0.459 e. The average molecular weight is 696 g/mol. The summed E-state index contributed by atoms with van der Waals surface area (Å²) in [4.78, 5) is 16.3. The summed E-state index contributed by atoms with van der Waals surface area (Å²) >= 11 is 0. The van der Waals surface area contributed by atoms with Gasteiger partial charge in [0.1, 0.15) is 17.8 Å². The second kappa shape index (κ2) is 14.0. The van der Waals surface area contributed by atoms with E-state index in [2.05, 4.69) is 45.6 Å². The Labute approximate surface area is 294 Å². The van der Waals surface area contributed by atoms with Gasteiger partial charge in [0, 0.05) is 25.5 Å². The van der Waals surface area contributed by atoms with Gasteiger partial charge < -0.3 is 48.3 Å². The summed E-state index contributed by atoms with van der Waals surface area (Å²) < 4.78 is 46.1. The highest BCUT2D eigenvalue weighted by Gasteiger charge is 2.64. The molecule has 0 aliphatic carbocycles. The third kappa shape index (κ3) is 6.90. The van der Waals surface area contributed by atoms with Gasteiger partial charge in [0.05, 0.1) is 47.6 Å². The molecule has 0 amide bonds. The number of aliphatic hydroxyl groups excluding tert-OH is 2. The van der Waals surface area contributed by atoms with Gasteiger partial charge in [-0.3, -0.25) is 4.79 Å². The van der Waals surface area contributed by atoms with Crippen molar-refractivity contribution in [3.05, 3.63) is 11.6 Å². The number of methoxy groups -OCH3 is 1. The number of aliphatic hydroxyl groups is 2. The van der Waals surface area contributed by atoms with Crippen LogP contribution in [0.4, 0.5) is 0 Å². The first-order valence-corrected chi connectivity index (χ1v) is 18.6. The van der Waals surface area contributed by atoms with E-state index in [9.17, 15) is 15.0 Å². The predicted molar refractivity (Wildman–Crippen MR) is 184 cm³/mol. The Balaban J connectivity index is 1.60. The summed E-state index contributed by atoms with van der Waals surface area (Å²) in [5.74, 6) is -2.61. The molecule has 11 heteroatoms. The van der Waals surface area contributed by atoms with Crippen LogP contribution in [0.5, 0.6) is 0 Å². The summed E-state index contributed by atoms with van der Waals surface area (Å²) in [6.45, 7) is 20.0. The molecule has 0 saturated carbocycles. The largest absolute Gasteiger partial charge is 0.459 e. The van der Waals surface area contributed by atoms with E-state index in [1.165, 1.54) is 0 Å². The van der Waals surface area contributed by atoms with Crippen molar-refractivity contribution in [1.82, 2.24) is 4.90 Å². The van der Waals surface area contributed by atoms with Crippen molar-refractivity contribution in [3.8, 4) is 0 Å². The van der Waals surface area contributed by atoms with Gasteiger partial charge in [0.25, 0.3) is 0 Å². The standard InChI is InChI=1S/C38H65NO10/c1-14-29-36(9)18-21(3)38(49-36)20(2)17-35(8,48-38)26(16-28-31(40)27(39(11)12)15-22(4)44-28)23(5)32(24(6)34(42)46-29)47-30-19-37(10,43-13)33(41)25(7)45-30/h18,20,22-33,40-41H,14-17,19H2,1-13H3/t20-,22-,23-,24-,25+,26-,27+,28+,29-,30+,31-,32+,33+,35?,36?,37-,38-/m1/s1. The number of ether oxygens (including phenoxy) is 7. The van der Waals surface area contributed by atoms with E-state index in [0.717, 1.165) is 12.0 Å². The fraction of sp³-hybridized carbons (Fsp3) is 0.921. The zero-order chi connectivity index (χ0) is 36.4. The number of carbonyl (C=O) groups is 1.